The summed E-state index contributed by atoms with van der Waals surface area (Å²) >= 11 is 0. The maximum atomic E-state index is 5.48. The van der Waals surface area contributed by atoms with Crippen LogP contribution in [0.15, 0.2) is 18.3 Å². The lowest BCUT2D eigenvalue weighted by atomic mass is 10.1. The smallest absolute Gasteiger partial charge is 0.213 e. The maximum Gasteiger partial charge on any atom is 0.213 e. The van der Waals surface area contributed by atoms with Crippen LogP contribution in [0.1, 0.15) is 25.5 Å². The first-order valence-corrected chi connectivity index (χ1v) is 6.66. The highest BCUT2D eigenvalue weighted by Gasteiger charge is 2.04. The van der Waals surface area contributed by atoms with E-state index in [9.17, 15) is 0 Å². The predicted molar refractivity (Wildman–Crippen MR) is 74.5 cm³/mol. The van der Waals surface area contributed by atoms with Crippen molar-refractivity contribution in [2.45, 2.75) is 19.9 Å². The molecule has 5 heteroatoms. The Morgan fingerprint density at radius 3 is 2.63 bits per heavy atom. The number of ether oxygens (including phenoxy) is 3. The second kappa shape index (κ2) is 9.72. The van der Waals surface area contributed by atoms with Crippen LogP contribution in [0.5, 0.6) is 5.88 Å². The number of nitrogens with zero attached hydrogens (tertiary/aromatic N) is 1. The molecule has 0 bridgehead atoms. The Kier molecular flexibility index (Phi) is 8.13. The van der Waals surface area contributed by atoms with E-state index in [2.05, 4.69) is 24.1 Å². The first kappa shape index (κ1) is 15.9. The average Bonchev–Trinajstić information content (AvgIpc) is 2.43. The third-order valence-electron chi connectivity index (χ3n) is 2.68. The normalized spacial score (nSPS) is 12.4. The largest absolute Gasteiger partial charge is 0.475 e. The van der Waals surface area contributed by atoms with Crippen molar-refractivity contribution in [3.63, 3.8) is 0 Å². The Labute approximate surface area is 115 Å². The zero-order valence-corrected chi connectivity index (χ0v) is 12.0. The van der Waals surface area contributed by atoms with Crippen LogP contribution in [0.3, 0.4) is 0 Å². The second-order valence-electron chi connectivity index (χ2n) is 4.16. The summed E-state index contributed by atoms with van der Waals surface area (Å²) in [6, 6.07) is 4.23. The van der Waals surface area contributed by atoms with E-state index in [4.69, 9.17) is 14.2 Å². The number of aromatic nitrogens is 1. The van der Waals surface area contributed by atoms with Crippen LogP contribution in [0.25, 0.3) is 0 Å². The summed E-state index contributed by atoms with van der Waals surface area (Å²) in [6.45, 7) is 7.38. The Balaban J connectivity index is 2.24. The molecule has 0 aliphatic heterocycles. The van der Waals surface area contributed by atoms with E-state index in [1.807, 2.05) is 18.3 Å². The SMILES string of the molecule is CCNC(C)c1ccc(OCCOCCOC)nc1. The van der Waals surface area contributed by atoms with E-state index in [0.717, 1.165) is 12.1 Å². The molecule has 0 aromatic carbocycles. The summed E-state index contributed by atoms with van der Waals surface area (Å²) in [5.41, 5.74) is 1.16. The molecule has 0 aliphatic carbocycles. The van der Waals surface area contributed by atoms with E-state index in [-0.39, 0.29) is 0 Å². The summed E-state index contributed by atoms with van der Waals surface area (Å²) in [6.07, 6.45) is 1.84. The molecule has 1 N–H and O–H groups in total. The number of methoxy groups -OCH3 is 1. The van der Waals surface area contributed by atoms with Gasteiger partial charge in [0.25, 0.3) is 0 Å². The van der Waals surface area contributed by atoms with Crippen molar-refractivity contribution in [2.75, 3.05) is 40.1 Å². The van der Waals surface area contributed by atoms with E-state index < -0.39 is 0 Å². The monoisotopic (exact) mass is 268 g/mol. The van der Waals surface area contributed by atoms with Crippen molar-refractivity contribution in [3.05, 3.63) is 23.9 Å². The van der Waals surface area contributed by atoms with Gasteiger partial charge in [0.05, 0.1) is 19.8 Å². The molecule has 0 aliphatic rings. The van der Waals surface area contributed by atoms with Crippen molar-refractivity contribution in [1.29, 1.82) is 0 Å². The quantitative estimate of drug-likeness (QED) is 0.656. The van der Waals surface area contributed by atoms with Gasteiger partial charge in [-0.25, -0.2) is 4.98 Å². The third kappa shape index (κ3) is 6.52. The van der Waals surface area contributed by atoms with Crippen molar-refractivity contribution >= 4 is 0 Å². The van der Waals surface area contributed by atoms with Gasteiger partial charge in [0.1, 0.15) is 6.61 Å². The molecule has 5 nitrogen and oxygen atoms in total. The third-order valence-corrected chi connectivity index (χ3v) is 2.68. The number of hydrogen-bond acceptors (Lipinski definition) is 5. The summed E-state index contributed by atoms with van der Waals surface area (Å²) in [5, 5.41) is 3.34. The molecule has 1 heterocycles. The molecule has 1 atom stereocenters. The topological polar surface area (TPSA) is 52.6 Å². The number of rotatable bonds is 10. The lowest BCUT2D eigenvalue weighted by molar-refractivity contribution is 0.0537. The molecular formula is C14H24N2O3. The Bertz CT molecular complexity index is 330. The Morgan fingerprint density at radius 2 is 2.00 bits per heavy atom. The van der Waals surface area contributed by atoms with Crippen LogP contribution >= 0.6 is 0 Å². The molecule has 1 unspecified atom stereocenters. The van der Waals surface area contributed by atoms with Gasteiger partial charge < -0.3 is 19.5 Å². The Morgan fingerprint density at radius 1 is 1.21 bits per heavy atom. The summed E-state index contributed by atoms with van der Waals surface area (Å²) in [4.78, 5) is 4.27. The molecule has 0 radical (unpaired) electrons. The summed E-state index contributed by atoms with van der Waals surface area (Å²) < 4.78 is 15.7. The molecule has 19 heavy (non-hydrogen) atoms. The van der Waals surface area contributed by atoms with Gasteiger partial charge in [-0.15, -0.1) is 0 Å². The van der Waals surface area contributed by atoms with Crippen molar-refractivity contribution < 1.29 is 14.2 Å². The molecule has 108 valence electrons. The van der Waals surface area contributed by atoms with Crippen LogP contribution in [0.4, 0.5) is 0 Å². The average molecular weight is 268 g/mol. The number of pyridine rings is 1. The number of hydrogen-bond donors (Lipinski definition) is 1. The predicted octanol–water partition coefficient (Wildman–Crippen LogP) is 1.79. The fourth-order valence-corrected chi connectivity index (χ4v) is 1.61. The Hall–Kier alpha value is -1.17. The molecule has 0 saturated carbocycles. The highest BCUT2D eigenvalue weighted by atomic mass is 16.5. The fourth-order valence-electron chi connectivity index (χ4n) is 1.61. The van der Waals surface area contributed by atoms with Gasteiger partial charge in [0.15, 0.2) is 0 Å². The van der Waals surface area contributed by atoms with E-state index in [1.165, 1.54) is 0 Å². The van der Waals surface area contributed by atoms with Gasteiger partial charge in [0, 0.05) is 25.4 Å². The van der Waals surface area contributed by atoms with Gasteiger partial charge in [0.2, 0.25) is 5.88 Å². The van der Waals surface area contributed by atoms with E-state index >= 15 is 0 Å². The van der Waals surface area contributed by atoms with Gasteiger partial charge >= 0.3 is 0 Å². The molecular weight excluding hydrogens is 244 g/mol. The van der Waals surface area contributed by atoms with Gasteiger partial charge in [-0.2, -0.15) is 0 Å². The molecule has 0 saturated heterocycles. The maximum absolute atomic E-state index is 5.48. The van der Waals surface area contributed by atoms with Crippen molar-refractivity contribution in [2.24, 2.45) is 0 Å². The lowest BCUT2D eigenvalue weighted by Crippen LogP contribution is -2.17. The van der Waals surface area contributed by atoms with Crippen LogP contribution in [-0.2, 0) is 9.47 Å². The van der Waals surface area contributed by atoms with Gasteiger partial charge in [-0.05, 0) is 19.0 Å². The van der Waals surface area contributed by atoms with Crippen LogP contribution in [-0.4, -0.2) is 45.1 Å². The molecule has 1 aromatic rings. The molecule has 0 fully saturated rings. The standard InChI is InChI=1S/C14H24N2O3/c1-4-15-12(2)13-5-6-14(16-11-13)19-10-9-18-8-7-17-3/h5-6,11-12,15H,4,7-10H2,1-3H3. The molecule has 0 amide bonds. The number of nitrogens with one attached hydrogen (secondary N) is 1. The van der Waals surface area contributed by atoms with Crippen LogP contribution in [0.2, 0.25) is 0 Å². The first-order valence-electron chi connectivity index (χ1n) is 6.66. The molecule has 1 aromatic heterocycles. The molecule has 1 rings (SSSR count). The second-order valence-corrected chi connectivity index (χ2v) is 4.16. The molecule has 0 spiro atoms. The van der Waals surface area contributed by atoms with Gasteiger partial charge in [-0.3, -0.25) is 0 Å². The highest BCUT2D eigenvalue weighted by molar-refractivity contribution is 5.20. The minimum Gasteiger partial charge on any atom is -0.475 e. The summed E-state index contributed by atoms with van der Waals surface area (Å²) in [7, 11) is 1.65. The van der Waals surface area contributed by atoms with Crippen molar-refractivity contribution in [3.8, 4) is 5.88 Å². The first-order chi connectivity index (χ1) is 9.27. The van der Waals surface area contributed by atoms with E-state index in [0.29, 0.717) is 38.3 Å². The minimum absolute atomic E-state index is 0.309. The van der Waals surface area contributed by atoms with Gasteiger partial charge in [-0.1, -0.05) is 13.0 Å². The zero-order chi connectivity index (χ0) is 13.9. The zero-order valence-electron chi connectivity index (χ0n) is 12.0. The lowest BCUT2D eigenvalue weighted by Gasteiger charge is -2.12. The van der Waals surface area contributed by atoms with E-state index in [1.54, 1.807) is 7.11 Å². The van der Waals surface area contributed by atoms with Crippen LogP contribution in [0, 0.1) is 0 Å². The van der Waals surface area contributed by atoms with Crippen LogP contribution < -0.4 is 10.1 Å². The summed E-state index contributed by atoms with van der Waals surface area (Å²) in [5.74, 6) is 0.628. The highest BCUT2D eigenvalue weighted by Crippen LogP contribution is 2.14. The van der Waals surface area contributed by atoms with Crippen molar-refractivity contribution in [1.82, 2.24) is 10.3 Å². The minimum atomic E-state index is 0.309. The fraction of sp³-hybridized carbons (Fsp3) is 0.643.